The van der Waals surface area contributed by atoms with Crippen molar-refractivity contribution in [1.82, 2.24) is 5.32 Å². The number of anilines is 1. The SMILES string of the molecule is CCOc1ccc(OCC)c(NC(=O)C(NC(C)=O)C(C)C)c1. The van der Waals surface area contributed by atoms with Crippen LogP contribution in [0.1, 0.15) is 34.6 Å². The number of carbonyl (C=O) groups is 2. The van der Waals surface area contributed by atoms with Crippen molar-refractivity contribution in [3.63, 3.8) is 0 Å². The van der Waals surface area contributed by atoms with Crippen LogP contribution in [0.25, 0.3) is 0 Å². The summed E-state index contributed by atoms with van der Waals surface area (Å²) in [7, 11) is 0. The van der Waals surface area contributed by atoms with Gasteiger partial charge in [-0.05, 0) is 31.9 Å². The molecule has 128 valence electrons. The molecule has 0 aromatic heterocycles. The fourth-order valence-electron chi connectivity index (χ4n) is 2.11. The largest absolute Gasteiger partial charge is 0.494 e. The monoisotopic (exact) mass is 322 g/mol. The van der Waals surface area contributed by atoms with Gasteiger partial charge in [-0.2, -0.15) is 0 Å². The molecule has 1 unspecified atom stereocenters. The normalized spacial score (nSPS) is 11.7. The average molecular weight is 322 g/mol. The maximum atomic E-state index is 12.5. The maximum absolute atomic E-state index is 12.5. The Labute approximate surface area is 137 Å². The van der Waals surface area contributed by atoms with Gasteiger partial charge in [0, 0.05) is 13.0 Å². The smallest absolute Gasteiger partial charge is 0.247 e. The lowest BCUT2D eigenvalue weighted by Crippen LogP contribution is -2.46. The van der Waals surface area contributed by atoms with Gasteiger partial charge in [0.05, 0.1) is 18.9 Å². The van der Waals surface area contributed by atoms with Crippen LogP contribution in [0, 0.1) is 5.92 Å². The third kappa shape index (κ3) is 5.81. The first kappa shape index (κ1) is 18.8. The van der Waals surface area contributed by atoms with Crippen LogP contribution in [-0.4, -0.2) is 31.1 Å². The molecule has 0 heterocycles. The van der Waals surface area contributed by atoms with E-state index in [1.54, 1.807) is 18.2 Å². The van der Waals surface area contributed by atoms with Crippen molar-refractivity contribution >= 4 is 17.5 Å². The van der Waals surface area contributed by atoms with Crippen LogP contribution in [0.2, 0.25) is 0 Å². The zero-order chi connectivity index (χ0) is 17.4. The van der Waals surface area contributed by atoms with Crippen LogP contribution in [0.15, 0.2) is 18.2 Å². The molecule has 0 saturated carbocycles. The second-order valence-corrected chi connectivity index (χ2v) is 5.44. The first-order valence-electron chi connectivity index (χ1n) is 7.86. The maximum Gasteiger partial charge on any atom is 0.247 e. The molecule has 6 nitrogen and oxygen atoms in total. The van der Waals surface area contributed by atoms with Gasteiger partial charge in [0.2, 0.25) is 11.8 Å². The van der Waals surface area contributed by atoms with Crippen molar-refractivity contribution in [1.29, 1.82) is 0 Å². The number of hydrogen-bond acceptors (Lipinski definition) is 4. The summed E-state index contributed by atoms with van der Waals surface area (Å²) in [6.45, 7) is 9.92. The highest BCUT2D eigenvalue weighted by atomic mass is 16.5. The Hall–Kier alpha value is -2.24. The van der Waals surface area contributed by atoms with Gasteiger partial charge < -0.3 is 20.1 Å². The third-order valence-electron chi connectivity index (χ3n) is 3.13. The molecule has 1 aromatic carbocycles. The Kier molecular flexibility index (Phi) is 7.38. The van der Waals surface area contributed by atoms with E-state index >= 15 is 0 Å². The van der Waals surface area contributed by atoms with Crippen molar-refractivity contribution < 1.29 is 19.1 Å². The van der Waals surface area contributed by atoms with Gasteiger partial charge in [0.15, 0.2) is 0 Å². The number of amides is 2. The van der Waals surface area contributed by atoms with Gasteiger partial charge in [0.1, 0.15) is 17.5 Å². The van der Waals surface area contributed by atoms with Crippen LogP contribution in [0.4, 0.5) is 5.69 Å². The summed E-state index contributed by atoms with van der Waals surface area (Å²) < 4.78 is 11.0. The van der Waals surface area contributed by atoms with Gasteiger partial charge >= 0.3 is 0 Å². The number of rotatable bonds is 8. The Morgan fingerprint density at radius 3 is 2.30 bits per heavy atom. The summed E-state index contributed by atoms with van der Waals surface area (Å²) in [5, 5.41) is 5.49. The van der Waals surface area contributed by atoms with Crippen LogP contribution in [0.5, 0.6) is 11.5 Å². The highest BCUT2D eigenvalue weighted by molar-refractivity contribution is 5.98. The summed E-state index contributed by atoms with van der Waals surface area (Å²) in [5.74, 6) is 0.641. The topological polar surface area (TPSA) is 76.7 Å². The van der Waals surface area contributed by atoms with Crippen LogP contribution in [0.3, 0.4) is 0 Å². The number of ether oxygens (including phenoxy) is 2. The van der Waals surface area contributed by atoms with E-state index in [1.807, 2.05) is 27.7 Å². The first-order valence-corrected chi connectivity index (χ1v) is 7.86. The molecule has 1 rings (SSSR count). The molecule has 0 bridgehead atoms. The highest BCUT2D eigenvalue weighted by Crippen LogP contribution is 2.29. The van der Waals surface area contributed by atoms with Crippen LogP contribution in [-0.2, 0) is 9.59 Å². The molecule has 0 aliphatic carbocycles. The molecule has 23 heavy (non-hydrogen) atoms. The molecule has 2 amide bonds. The Bertz CT molecular complexity index is 543. The average Bonchev–Trinajstić information content (AvgIpc) is 2.47. The van der Waals surface area contributed by atoms with Gasteiger partial charge in [0.25, 0.3) is 0 Å². The van der Waals surface area contributed by atoms with E-state index in [0.717, 1.165) is 0 Å². The van der Waals surface area contributed by atoms with Crippen LogP contribution < -0.4 is 20.1 Å². The van der Waals surface area contributed by atoms with E-state index in [1.165, 1.54) is 6.92 Å². The molecule has 0 saturated heterocycles. The molecule has 0 aliphatic rings. The summed E-state index contributed by atoms with van der Waals surface area (Å²) in [6, 6.07) is 4.65. The molecular formula is C17H26N2O4. The number of carbonyl (C=O) groups excluding carboxylic acids is 2. The van der Waals surface area contributed by atoms with E-state index in [9.17, 15) is 9.59 Å². The van der Waals surface area contributed by atoms with Crippen molar-refractivity contribution in [2.45, 2.75) is 40.7 Å². The third-order valence-corrected chi connectivity index (χ3v) is 3.13. The predicted molar refractivity (Wildman–Crippen MR) is 89.9 cm³/mol. The van der Waals surface area contributed by atoms with E-state index in [2.05, 4.69) is 10.6 Å². The van der Waals surface area contributed by atoms with Gasteiger partial charge in [-0.3, -0.25) is 9.59 Å². The molecule has 1 aromatic rings. The lowest BCUT2D eigenvalue weighted by atomic mass is 10.0. The second kappa shape index (κ2) is 9.02. The fourth-order valence-corrected chi connectivity index (χ4v) is 2.11. The van der Waals surface area contributed by atoms with Gasteiger partial charge in [-0.1, -0.05) is 13.8 Å². The number of nitrogens with one attached hydrogen (secondary N) is 2. The standard InChI is InChI=1S/C17H26N2O4/c1-6-22-13-8-9-15(23-7-2)14(10-13)19-17(21)16(11(3)4)18-12(5)20/h8-11,16H,6-7H2,1-5H3,(H,18,20)(H,19,21). The Morgan fingerprint density at radius 2 is 1.78 bits per heavy atom. The van der Waals surface area contributed by atoms with E-state index < -0.39 is 6.04 Å². The fraction of sp³-hybridized carbons (Fsp3) is 0.529. The summed E-state index contributed by atoms with van der Waals surface area (Å²) in [6.07, 6.45) is 0. The molecule has 2 N–H and O–H groups in total. The van der Waals surface area contributed by atoms with E-state index in [0.29, 0.717) is 30.4 Å². The molecule has 0 fully saturated rings. The molecule has 0 aliphatic heterocycles. The molecule has 0 radical (unpaired) electrons. The van der Waals surface area contributed by atoms with Crippen molar-refractivity contribution in [3.8, 4) is 11.5 Å². The molecule has 6 heteroatoms. The Balaban J connectivity index is 3.00. The minimum atomic E-state index is -0.613. The summed E-state index contributed by atoms with van der Waals surface area (Å²) >= 11 is 0. The van der Waals surface area contributed by atoms with E-state index in [-0.39, 0.29) is 17.7 Å². The quantitative estimate of drug-likeness (QED) is 0.771. The Morgan fingerprint density at radius 1 is 1.13 bits per heavy atom. The predicted octanol–water partition coefficient (Wildman–Crippen LogP) is 2.58. The molecule has 0 spiro atoms. The van der Waals surface area contributed by atoms with Gasteiger partial charge in [-0.25, -0.2) is 0 Å². The van der Waals surface area contributed by atoms with Crippen LogP contribution >= 0.6 is 0 Å². The van der Waals surface area contributed by atoms with Crippen molar-refractivity contribution in [3.05, 3.63) is 18.2 Å². The molecule has 1 atom stereocenters. The number of benzene rings is 1. The zero-order valence-electron chi connectivity index (χ0n) is 14.4. The minimum Gasteiger partial charge on any atom is -0.494 e. The lowest BCUT2D eigenvalue weighted by Gasteiger charge is -2.22. The number of hydrogen-bond donors (Lipinski definition) is 2. The van der Waals surface area contributed by atoms with Gasteiger partial charge in [-0.15, -0.1) is 0 Å². The van der Waals surface area contributed by atoms with Crippen molar-refractivity contribution in [2.75, 3.05) is 18.5 Å². The lowest BCUT2D eigenvalue weighted by molar-refractivity contribution is -0.126. The van der Waals surface area contributed by atoms with E-state index in [4.69, 9.17) is 9.47 Å². The highest BCUT2D eigenvalue weighted by Gasteiger charge is 2.24. The first-order chi connectivity index (χ1) is 10.9. The minimum absolute atomic E-state index is 0.0375. The molecular weight excluding hydrogens is 296 g/mol. The summed E-state index contributed by atoms with van der Waals surface area (Å²) in [4.78, 5) is 23.8. The summed E-state index contributed by atoms with van der Waals surface area (Å²) in [5.41, 5.74) is 0.527. The van der Waals surface area contributed by atoms with Crippen molar-refractivity contribution in [2.24, 2.45) is 5.92 Å². The second-order valence-electron chi connectivity index (χ2n) is 5.44. The zero-order valence-corrected chi connectivity index (χ0v) is 14.4.